The first-order valence-electron chi connectivity index (χ1n) is 6.32. The van der Waals surface area contributed by atoms with Gasteiger partial charge in [0.25, 0.3) is 0 Å². The summed E-state index contributed by atoms with van der Waals surface area (Å²) in [6, 6.07) is 12.7. The van der Waals surface area contributed by atoms with E-state index in [4.69, 9.17) is 16.3 Å². The summed E-state index contributed by atoms with van der Waals surface area (Å²) < 4.78 is 4.88. The molecule has 0 N–H and O–H groups in total. The quantitative estimate of drug-likeness (QED) is 0.363. The molecule has 0 amide bonds. The Morgan fingerprint density at radius 2 is 1.81 bits per heavy atom. The molecule has 0 unspecified atom stereocenters. The number of esters is 1. The normalized spacial score (nSPS) is 11.2. The molecule has 21 heavy (non-hydrogen) atoms. The van der Waals surface area contributed by atoms with Crippen LogP contribution in [0.5, 0.6) is 0 Å². The van der Waals surface area contributed by atoms with Gasteiger partial charge in [-0.15, -0.1) is 0 Å². The number of carbonyl (C=O) groups excluding carboxylic acids is 1. The number of ether oxygens (including phenoxy) is 1. The van der Waals surface area contributed by atoms with Gasteiger partial charge in [0.2, 0.25) is 5.69 Å². The molecule has 0 fully saturated rings. The lowest BCUT2D eigenvalue weighted by molar-refractivity contribution is -0.435. The molecular weight excluding hydrogens is 292 g/mol. The summed E-state index contributed by atoms with van der Waals surface area (Å²) in [5, 5.41) is 16.3. The molecule has 0 aromatic heterocycles. The van der Waals surface area contributed by atoms with E-state index in [1.54, 1.807) is 55.5 Å². The maximum atomic E-state index is 11.9. The molecule has 6 heteroatoms. The third-order valence-corrected chi connectivity index (χ3v) is 2.88. The van der Waals surface area contributed by atoms with Crippen molar-refractivity contribution in [3.8, 4) is 0 Å². The van der Waals surface area contributed by atoms with E-state index in [2.05, 4.69) is 5.11 Å². The first kappa shape index (κ1) is 15.0. The number of azo groups is 1. The van der Waals surface area contributed by atoms with Crippen LogP contribution in [0.2, 0.25) is 5.02 Å². The van der Waals surface area contributed by atoms with Crippen molar-refractivity contribution in [2.24, 2.45) is 5.11 Å². The largest absolute Gasteiger partial charge is 0.594 e. The van der Waals surface area contributed by atoms with Gasteiger partial charge in [-0.1, -0.05) is 16.5 Å². The number of carbonyl (C=O) groups is 1. The molecular formula is C15H13ClN2O3. The van der Waals surface area contributed by atoms with Crippen molar-refractivity contribution in [3.63, 3.8) is 0 Å². The number of nitrogens with zero attached hydrogens (tertiary/aromatic N) is 2. The SMILES string of the molecule is CCOC(=O)c1ccc(N=[N+]([O-])c2ccc(Cl)cc2)cc1. The smallest absolute Gasteiger partial charge is 0.338 e. The van der Waals surface area contributed by atoms with Crippen LogP contribution in [-0.2, 0) is 4.74 Å². The third-order valence-electron chi connectivity index (χ3n) is 2.63. The van der Waals surface area contributed by atoms with Crippen molar-refractivity contribution in [2.45, 2.75) is 6.92 Å². The van der Waals surface area contributed by atoms with E-state index in [9.17, 15) is 10.0 Å². The summed E-state index contributed by atoms with van der Waals surface area (Å²) in [5.41, 5.74) is 1.22. The zero-order valence-electron chi connectivity index (χ0n) is 11.3. The highest BCUT2D eigenvalue weighted by Crippen LogP contribution is 2.20. The molecule has 0 aliphatic heterocycles. The highest BCUT2D eigenvalue weighted by molar-refractivity contribution is 6.30. The van der Waals surface area contributed by atoms with Crippen LogP contribution >= 0.6 is 11.6 Å². The number of halogens is 1. The van der Waals surface area contributed by atoms with Crippen molar-refractivity contribution < 1.29 is 14.4 Å². The summed E-state index contributed by atoms with van der Waals surface area (Å²) >= 11 is 5.75. The van der Waals surface area contributed by atoms with Crippen LogP contribution in [0.4, 0.5) is 11.4 Å². The van der Waals surface area contributed by atoms with Gasteiger partial charge in [-0.25, -0.2) is 4.79 Å². The molecule has 0 saturated heterocycles. The number of hydrogen-bond acceptors (Lipinski definition) is 4. The number of benzene rings is 2. The van der Waals surface area contributed by atoms with Gasteiger partial charge in [-0.3, -0.25) is 0 Å². The van der Waals surface area contributed by atoms with Gasteiger partial charge in [-0.2, -0.15) is 0 Å². The van der Waals surface area contributed by atoms with E-state index >= 15 is 0 Å². The maximum absolute atomic E-state index is 11.9. The fourth-order valence-electron chi connectivity index (χ4n) is 1.61. The van der Waals surface area contributed by atoms with Gasteiger partial charge < -0.3 is 9.94 Å². The van der Waals surface area contributed by atoms with Gasteiger partial charge >= 0.3 is 5.97 Å². The van der Waals surface area contributed by atoms with Gasteiger partial charge in [-0.05, 0) is 43.3 Å². The highest BCUT2D eigenvalue weighted by atomic mass is 35.5. The molecule has 0 spiro atoms. The Morgan fingerprint density at radius 3 is 2.38 bits per heavy atom. The summed E-state index contributed by atoms with van der Waals surface area (Å²) in [6.45, 7) is 2.05. The first-order valence-corrected chi connectivity index (χ1v) is 6.69. The highest BCUT2D eigenvalue weighted by Gasteiger charge is 2.07. The monoisotopic (exact) mass is 304 g/mol. The summed E-state index contributed by atoms with van der Waals surface area (Å²) in [5.74, 6) is -0.402. The second kappa shape index (κ2) is 6.85. The van der Waals surface area contributed by atoms with Gasteiger partial charge in [0, 0.05) is 22.3 Å². The Balaban J connectivity index is 2.17. The molecule has 0 aliphatic carbocycles. The van der Waals surface area contributed by atoms with Crippen LogP contribution in [0.15, 0.2) is 53.6 Å². The molecule has 0 bridgehead atoms. The fraction of sp³-hybridized carbons (Fsp3) is 0.133. The predicted molar refractivity (Wildman–Crippen MR) is 79.2 cm³/mol. The average Bonchev–Trinajstić information content (AvgIpc) is 2.49. The minimum Gasteiger partial charge on any atom is -0.594 e. The van der Waals surface area contributed by atoms with E-state index in [0.29, 0.717) is 33.4 Å². The molecule has 2 rings (SSSR count). The first-order chi connectivity index (χ1) is 10.1. The maximum Gasteiger partial charge on any atom is 0.338 e. The third kappa shape index (κ3) is 4.03. The van der Waals surface area contributed by atoms with Crippen molar-refractivity contribution in [2.75, 3.05) is 6.61 Å². The molecule has 5 nitrogen and oxygen atoms in total. The molecule has 0 atom stereocenters. The fourth-order valence-corrected chi connectivity index (χ4v) is 1.74. The zero-order chi connectivity index (χ0) is 15.2. The summed E-state index contributed by atoms with van der Waals surface area (Å²) in [6.07, 6.45) is 0. The molecule has 108 valence electrons. The van der Waals surface area contributed by atoms with Crippen LogP contribution in [0.1, 0.15) is 17.3 Å². The van der Waals surface area contributed by atoms with Gasteiger partial charge in [0.15, 0.2) is 0 Å². The molecule has 0 heterocycles. The van der Waals surface area contributed by atoms with E-state index < -0.39 is 5.97 Å². The lowest BCUT2D eigenvalue weighted by atomic mass is 10.2. The van der Waals surface area contributed by atoms with E-state index in [1.165, 1.54) is 0 Å². The standard InChI is InChI=1S/C15H13ClN2O3/c1-2-21-15(19)11-3-7-13(8-4-11)17-18(20)14-9-5-12(16)6-10-14/h3-10H,2H2,1H3. The Bertz CT molecular complexity index is 652. The number of hydrogen-bond donors (Lipinski definition) is 0. The Kier molecular flexibility index (Phi) is 4.90. The lowest BCUT2D eigenvalue weighted by Crippen LogP contribution is -2.03. The second-order valence-corrected chi connectivity index (χ2v) is 4.55. The van der Waals surface area contributed by atoms with Crippen LogP contribution in [-0.4, -0.2) is 17.4 Å². The van der Waals surface area contributed by atoms with E-state index in [1.807, 2.05) is 0 Å². The minimum absolute atomic E-state index is 0.315. The van der Waals surface area contributed by atoms with Crippen molar-refractivity contribution in [1.29, 1.82) is 0 Å². The topological polar surface area (TPSA) is 64.7 Å². The van der Waals surface area contributed by atoms with Crippen molar-refractivity contribution >= 4 is 28.9 Å². The second-order valence-electron chi connectivity index (χ2n) is 4.12. The molecule has 0 aliphatic rings. The summed E-state index contributed by atoms with van der Waals surface area (Å²) in [4.78, 5) is 12.0. The van der Waals surface area contributed by atoms with Crippen LogP contribution < -0.4 is 0 Å². The van der Waals surface area contributed by atoms with Crippen molar-refractivity contribution in [1.82, 2.24) is 0 Å². The van der Waals surface area contributed by atoms with Gasteiger partial charge in [0.1, 0.15) is 5.69 Å². The van der Waals surface area contributed by atoms with Crippen LogP contribution in [0.3, 0.4) is 0 Å². The Labute approximate surface area is 127 Å². The lowest BCUT2D eigenvalue weighted by Gasteiger charge is -2.02. The molecule has 0 radical (unpaired) electrons. The van der Waals surface area contributed by atoms with Crippen molar-refractivity contribution in [3.05, 3.63) is 64.3 Å². The average molecular weight is 305 g/mol. The Hall–Kier alpha value is -2.40. The molecule has 2 aromatic carbocycles. The number of rotatable bonds is 4. The van der Waals surface area contributed by atoms with E-state index in [0.717, 1.165) is 0 Å². The Morgan fingerprint density at radius 1 is 1.19 bits per heavy atom. The summed E-state index contributed by atoms with van der Waals surface area (Å²) in [7, 11) is 0. The zero-order valence-corrected chi connectivity index (χ0v) is 12.1. The molecule has 2 aromatic rings. The van der Waals surface area contributed by atoms with Crippen LogP contribution in [0.25, 0.3) is 0 Å². The predicted octanol–water partition coefficient (Wildman–Crippen LogP) is 4.44. The molecule has 0 saturated carbocycles. The minimum atomic E-state index is -0.402. The van der Waals surface area contributed by atoms with E-state index in [-0.39, 0.29) is 0 Å². The van der Waals surface area contributed by atoms with Crippen LogP contribution in [0, 0.1) is 5.21 Å². The van der Waals surface area contributed by atoms with Gasteiger partial charge in [0.05, 0.1) is 12.2 Å².